The van der Waals surface area contributed by atoms with Gasteiger partial charge in [-0.25, -0.2) is 0 Å². The van der Waals surface area contributed by atoms with Crippen molar-refractivity contribution in [3.05, 3.63) is 34.4 Å². The van der Waals surface area contributed by atoms with Crippen molar-refractivity contribution in [2.45, 2.75) is 13.8 Å². The fourth-order valence-electron chi connectivity index (χ4n) is 1.45. The highest BCUT2D eigenvalue weighted by atomic mass is 14.8. The standard InChI is InChI=1S/C13H14N2/c1-10-7-12(9-14)8-11(2)13(10)5-4-6-15-3/h7-8,15H,6H2,1-3H3. The van der Waals surface area contributed by atoms with Gasteiger partial charge >= 0.3 is 0 Å². The molecular weight excluding hydrogens is 184 g/mol. The number of hydrogen-bond acceptors (Lipinski definition) is 2. The molecule has 0 aliphatic rings. The fraction of sp³-hybridized carbons (Fsp3) is 0.308. The molecule has 1 rings (SSSR count). The zero-order chi connectivity index (χ0) is 11.3. The highest BCUT2D eigenvalue weighted by Crippen LogP contribution is 2.14. The molecule has 2 nitrogen and oxygen atoms in total. The van der Waals surface area contributed by atoms with Gasteiger partial charge in [0.2, 0.25) is 0 Å². The van der Waals surface area contributed by atoms with Crippen molar-refractivity contribution in [1.29, 1.82) is 5.26 Å². The van der Waals surface area contributed by atoms with Gasteiger partial charge in [-0.05, 0) is 44.2 Å². The number of hydrogen-bond donors (Lipinski definition) is 1. The van der Waals surface area contributed by atoms with Gasteiger partial charge in [0, 0.05) is 5.56 Å². The van der Waals surface area contributed by atoms with E-state index in [1.807, 2.05) is 33.0 Å². The molecule has 0 unspecified atom stereocenters. The Bertz CT molecular complexity index is 433. The maximum Gasteiger partial charge on any atom is 0.0991 e. The molecule has 15 heavy (non-hydrogen) atoms. The van der Waals surface area contributed by atoms with Gasteiger partial charge in [-0.2, -0.15) is 5.26 Å². The number of benzene rings is 1. The van der Waals surface area contributed by atoms with Crippen molar-refractivity contribution in [2.75, 3.05) is 13.6 Å². The molecular formula is C13H14N2. The smallest absolute Gasteiger partial charge is 0.0991 e. The van der Waals surface area contributed by atoms with E-state index in [9.17, 15) is 0 Å². The van der Waals surface area contributed by atoms with E-state index in [0.717, 1.165) is 16.7 Å². The number of nitrogens with zero attached hydrogens (tertiary/aromatic N) is 1. The summed E-state index contributed by atoms with van der Waals surface area (Å²) >= 11 is 0. The van der Waals surface area contributed by atoms with Crippen LogP contribution in [0.5, 0.6) is 0 Å². The van der Waals surface area contributed by atoms with Crippen LogP contribution >= 0.6 is 0 Å². The van der Waals surface area contributed by atoms with E-state index in [1.54, 1.807) is 0 Å². The topological polar surface area (TPSA) is 35.8 Å². The van der Waals surface area contributed by atoms with E-state index in [4.69, 9.17) is 5.26 Å². The summed E-state index contributed by atoms with van der Waals surface area (Å²) in [6.07, 6.45) is 0. The van der Waals surface area contributed by atoms with Gasteiger partial charge in [-0.1, -0.05) is 11.8 Å². The summed E-state index contributed by atoms with van der Waals surface area (Å²) in [6, 6.07) is 5.89. The predicted octanol–water partition coefficient (Wildman–Crippen LogP) is 1.75. The molecule has 0 amide bonds. The van der Waals surface area contributed by atoms with Crippen molar-refractivity contribution in [3.63, 3.8) is 0 Å². The first-order valence-electron chi connectivity index (χ1n) is 4.84. The number of rotatable bonds is 1. The molecule has 2 heteroatoms. The van der Waals surface area contributed by atoms with E-state index in [2.05, 4.69) is 23.2 Å². The van der Waals surface area contributed by atoms with Crippen LogP contribution in [0.4, 0.5) is 0 Å². The van der Waals surface area contributed by atoms with Crippen LogP contribution < -0.4 is 5.32 Å². The first kappa shape index (κ1) is 11.3. The first-order valence-corrected chi connectivity index (χ1v) is 4.84. The summed E-state index contributed by atoms with van der Waals surface area (Å²) in [5.41, 5.74) is 3.86. The second kappa shape index (κ2) is 5.20. The van der Waals surface area contributed by atoms with E-state index in [0.29, 0.717) is 12.1 Å². The molecule has 1 aromatic carbocycles. The lowest BCUT2D eigenvalue weighted by Crippen LogP contribution is -2.04. The zero-order valence-electron chi connectivity index (χ0n) is 9.31. The quantitative estimate of drug-likeness (QED) is 0.698. The van der Waals surface area contributed by atoms with Crippen LogP contribution in [-0.2, 0) is 0 Å². The van der Waals surface area contributed by atoms with Gasteiger partial charge in [0.25, 0.3) is 0 Å². The van der Waals surface area contributed by atoms with E-state index < -0.39 is 0 Å². The minimum atomic E-state index is 0.679. The molecule has 0 radical (unpaired) electrons. The number of aryl methyl sites for hydroxylation is 2. The predicted molar refractivity (Wildman–Crippen MR) is 61.4 cm³/mol. The Kier molecular flexibility index (Phi) is 3.92. The Morgan fingerprint density at radius 2 is 1.87 bits per heavy atom. The molecule has 0 bridgehead atoms. The Morgan fingerprint density at radius 1 is 1.27 bits per heavy atom. The molecule has 0 fully saturated rings. The molecule has 0 spiro atoms. The Hall–Kier alpha value is -1.77. The number of nitriles is 1. The lowest BCUT2D eigenvalue weighted by molar-refractivity contribution is 0.938. The van der Waals surface area contributed by atoms with Crippen molar-refractivity contribution in [1.82, 2.24) is 5.32 Å². The summed E-state index contributed by atoms with van der Waals surface area (Å²) in [5.74, 6) is 6.14. The van der Waals surface area contributed by atoms with Crippen LogP contribution in [0.25, 0.3) is 0 Å². The maximum atomic E-state index is 8.80. The Labute approximate surface area is 90.9 Å². The van der Waals surface area contributed by atoms with Gasteiger partial charge in [0.1, 0.15) is 0 Å². The van der Waals surface area contributed by atoms with Crippen molar-refractivity contribution < 1.29 is 0 Å². The number of nitrogens with one attached hydrogen (secondary N) is 1. The van der Waals surface area contributed by atoms with Crippen LogP contribution in [0.15, 0.2) is 12.1 Å². The van der Waals surface area contributed by atoms with Crippen LogP contribution in [0.1, 0.15) is 22.3 Å². The average Bonchev–Trinajstić information content (AvgIpc) is 2.22. The SMILES string of the molecule is CNCC#Cc1c(C)cc(C#N)cc1C. The molecule has 0 aliphatic carbocycles. The third-order valence-electron chi connectivity index (χ3n) is 2.14. The molecule has 0 heterocycles. The third kappa shape index (κ3) is 2.84. The molecule has 0 atom stereocenters. The van der Waals surface area contributed by atoms with Crippen molar-refractivity contribution >= 4 is 0 Å². The van der Waals surface area contributed by atoms with Gasteiger partial charge < -0.3 is 5.32 Å². The molecule has 76 valence electrons. The van der Waals surface area contributed by atoms with Crippen LogP contribution in [-0.4, -0.2) is 13.6 Å². The Morgan fingerprint density at radius 3 is 2.33 bits per heavy atom. The third-order valence-corrected chi connectivity index (χ3v) is 2.14. The summed E-state index contributed by atoms with van der Waals surface area (Å²) < 4.78 is 0. The van der Waals surface area contributed by atoms with Crippen LogP contribution in [0.2, 0.25) is 0 Å². The highest BCUT2D eigenvalue weighted by molar-refractivity contribution is 5.50. The highest BCUT2D eigenvalue weighted by Gasteiger charge is 2.01. The fourth-order valence-corrected chi connectivity index (χ4v) is 1.45. The lowest BCUT2D eigenvalue weighted by Gasteiger charge is -2.03. The molecule has 0 aliphatic heterocycles. The van der Waals surface area contributed by atoms with Gasteiger partial charge in [-0.3, -0.25) is 0 Å². The lowest BCUT2D eigenvalue weighted by atomic mass is 10.0. The van der Waals surface area contributed by atoms with Gasteiger partial charge in [0.15, 0.2) is 0 Å². The largest absolute Gasteiger partial charge is 0.309 e. The zero-order valence-corrected chi connectivity index (χ0v) is 9.31. The normalized spacial score (nSPS) is 8.93. The first-order chi connectivity index (χ1) is 7.19. The van der Waals surface area contributed by atoms with Crippen molar-refractivity contribution in [3.8, 4) is 17.9 Å². The van der Waals surface area contributed by atoms with Gasteiger partial charge in [-0.15, -0.1) is 0 Å². The maximum absolute atomic E-state index is 8.80. The van der Waals surface area contributed by atoms with Crippen molar-refractivity contribution in [2.24, 2.45) is 0 Å². The van der Waals surface area contributed by atoms with Gasteiger partial charge in [0.05, 0.1) is 18.2 Å². The summed E-state index contributed by atoms with van der Waals surface area (Å²) in [5, 5.41) is 11.8. The van der Waals surface area contributed by atoms with Crippen LogP contribution in [0.3, 0.4) is 0 Å². The average molecular weight is 198 g/mol. The molecule has 0 saturated carbocycles. The summed E-state index contributed by atoms with van der Waals surface area (Å²) in [4.78, 5) is 0. The second-order valence-corrected chi connectivity index (χ2v) is 3.43. The minimum Gasteiger partial charge on any atom is -0.309 e. The van der Waals surface area contributed by atoms with E-state index >= 15 is 0 Å². The minimum absolute atomic E-state index is 0.679. The molecule has 0 saturated heterocycles. The molecule has 1 aromatic rings. The summed E-state index contributed by atoms with van der Waals surface area (Å²) in [7, 11) is 1.87. The van der Waals surface area contributed by atoms with E-state index in [1.165, 1.54) is 0 Å². The Balaban J connectivity index is 3.12. The molecule has 1 N–H and O–H groups in total. The summed E-state index contributed by atoms with van der Waals surface area (Å²) in [6.45, 7) is 4.65. The second-order valence-electron chi connectivity index (χ2n) is 3.43. The monoisotopic (exact) mass is 198 g/mol. The van der Waals surface area contributed by atoms with Crippen LogP contribution in [0, 0.1) is 37.0 Å². The molecule has 0 aromatic heterocycles. The van der Waals surface area contributed by atoms with E-state index in [-0.39, 0.29) is 0 Å².